The zero-order valence-electron chi connectivity index (χ0n) is 9.61. The second-order valence-corrected chi connectivity index (χ2v) is 5.17. The van der Waals surface area contributed by atoms with Crippen LogP contribution in [-0.4, -0.2) is 30.4 Å². The topological polar surface area (TPSA) is 46.3 Å². The summed E-state index contributed by atoms with van der Waals surface area (Å²) in [6.45, 7) is 4.82. The van der Waals surface area contributed by atoms with Gasteiger partial charge in [0.15, 0.2) is 0 Å². The highest BCUT2D eigenvalue weighted by atomic mass is 16.2. The molecule has 3 nitrogen and oxygen atoms in total. The molecule has 1 amide bonds. The van der Waals surface area contributed by atoms with Gasteiger partial charge in [-0.05, 0) is 37.6 Å². The molecule has 2 aliphatic rings. The highest BCUT2D eigenvalue weighted by molar-refractivity contribution is 5.79. The lowest BCUT2D eigenvalue weighted by Gasteiger charge is -2.39. The van der Waals surface area contributed by atoms with Crippen LogP contribution in [0.3, 0.4) is 0 Å². The Hall–Kier alpha value is -0.570. The van der Waals surface area contributed by atoms with Crippen LogP contribution in [0.2, 0.25) is 0 Å². The van der Waals surface area contributed by atoms with E-state index in [2.05, 4.69) is 11.8 Å². The van der Waals surface area contributed by atoms with Crippen LogP contribution in [0.1, 0.15) is 32.6 Å². The van der Waals surface area contributed by atoms with E-state index in [-0.39, 0.29) is 0 Å². The third-order valence-corrected chi connectivity index (χ3v) is 4.18. The average molecular weight is 210 g/mol. The summed E-state index contributed by atoms with van der Waals surface area (Å²) in [5.41, 5.74) is 5.74. The van der Waals surface area contributed by atoms with Gasteiger partial charge < -0.3 is 10.6 Å². The molecule has 1 heterocycles. The molecule has 1 saturated heterocycles. The predicted molar refractivity (Wildman–Crippen MR) is 60.2 cm³/mol. The highest BCUT2D eigenvalue weighted by Gasteiger charge is 2.33. The highest BCUT2D eigenvalue weighted by Crippen LogP contribution is 2.31. The number of carbonyl (C=O) groups is 1. The van der Waals surface area contributed by atoms with Crippen LogP contribution in [0.15, 0.2) is 0 Å². The molecule has 2 unspecified atom stereocenters. The fraction of sp³-hybridized carbons (Fsp3) is 0.917. The first-order chi connectivity index (χ1) is 7.22. The van der Waals surface area contributed by atoms with Crippen molar-refractivity contribution in [3.63, 3.8) is 0 Å². The summed E-state index contributed by atoms with van der Waals surface area (Å²) in [6.07, 6.45) is 4.58. The Bertz CT molecular complexity index is 238. The van der Waals surface area contributed by atoms with E-state index in [4.69, 9.17) is 5.73 Å². The van der Waals surface area contributed by atoms with E-state index in [1.54, 1.807) is 0 Å². The Kier molecular flexibility index (Phi) is 3.29. The summed E-state index contributed by atoms with van der Waals surface area (Å²) in [7, 11) is 0. The molecule has 0 aromatic heterocycles. The minimum Gasteiger partial charge on any atom is -0.342 e. The molecule has 2 rings (SSSR count). The molecule has 0 spiro atoms. The van der Waals surface area contributed by atoms with Crippen LogP contribution in [0.5, 0.6) is 0 Å². The molecule has 1 saturated carbocycles. The summed E-state index contributed by atoms with van der Waals surface area (Å²) in [4.78, 5) is 14.1. The van der Waals surface area contributed by atoms with E-state index in [1.807, 2.05) is 0 Å². The van der Waals surface area contributed by atoms with Crippen LogP contribution in [0.25, 0.3) is 0 Å². The zero-order valence-corrected chi connectivity index (χ0v) is 9.61. The smallest absolute Gasteiger partial charge is 0.225 e. The van der Waals surface area contributed by atoms with Crippen LogP contribution in [0, 0.1) is 17.8 Å². The van der Waals surface area contributed by atoms with Crippen molar-refractivity contribution in [1.29, 1.82) is 0 Å². The average Bonchev–Trinajstić information content (AvgIpc) is 2.15. The summed E-state index contributed by atoms with van der Waals surface area (Å²) in [6, 6.07) is 0. The third kappa shape index (κ3) is 2.17. The van der Waals surface area contributed by atoms with Gasteiger partial charge in [0.2, 0.25) is 5.91 Å². The number of piperidine rings is 1. The molecule has 1 aliphatic carbocycles. The van der Waals surface area contributed by atoms with Gasteiger partial charge in [0.25, 0.3) is 0 Å². The van der Waals surface area contributed by atoms with E-state index in [9.17, 15) is 4.79 Å². The largest absolute Gasteiger partial charge is 0.342 e. The van der Waals surface area contributed by atoms with Crippen molar-refractivity contribution in [3.8, 4) is 0 Å². The molecule has 2 atom stereocenters. The van der Waals surface area contributed by atoms with Crippen LogP contribution in [-0.2, 0) is 4.79 Å². The van der Waals surface area contributed by atoms with Gasteiger partial charge in [-0.15, -0.1) is 0 Å². The van der Waals surface area contributed by atoms with Crippen LogP contribution < -0.4 is 5.73 Å². The zero-order chi connectivity index (χ0) is 10.8. The van der Waals surface area contributed by atoms with Crippen molar-refractivity contribution >= 4 is 5.91 Å². The normalized spacial score (nSPS) is 32.5. The standard InChI is InChI=1S/C12H22N2O/c1-9-5-6-14(8-11(9)7-13)12(15)10-3-2-4-10/h9-11H,2-8,13H2,1H3. The van der Waals surface area contributed by atoms with Crippen molar-refractivity contribution < 1.29 is 4.79 Å². The van der Waals surface area contributed by atoms with Gasteiger partial charge in [-0.3, -0.25) is 4.79 Å². The molecule has 0 aromatic rings. The first-order valence-electron chi connectivity index (χ1n) is 6.21. The molecule has 0 bridgehead atoms. The van der Waals surface area contributed by atoms with E-state index in [1.165, 1.54) is 6.42 Å². The van der Waals surface area contributed by atoms with E-state index >= 15 is 0 Å². The van der Waals surface area contributed by atoms with Gasteiger partial charge in [-0.1, -0.05) is 13.3 Å². The summed E-state index contributed by atoms with van der Waals surface area (Å²) in [5.74, 6) is 1.94. The van der Waals surface area contributed by atoms with E-state index in [0.717, 1.165) is 38.9 Å². The van der Waals surface area contributed by atoms with Crippen LogP contribution in [0.4, 0.5) is 0 Å². The number of nitrogens with zero attached hydrogens (tertiary/aromatic N) is 1. The Morgan fingerprint density at radius 2 is 2.13 bits per heavy atom. The van der Waals surface area contributed by atoms with Crippen molar-refractivity contribution in [3.05, 3.63) is 0 Å². The second-order valence-electron chi connectivity index (χ2n) is 5.17. The van der Waals surface area contributed by atoms with Gasteiger partial charge in [0.1, 0.15) is 0 Å². The second kappa shape index (κ2) is 4.52. The number of hydrogen-bond acceptors (Lipinski definition) is 2. The first-order valence-corrected chi connectivity index (χ1v) is 6.21. The molecule has 2 fully saturated rings. The lowest BCUT2D eigenvalue weighted by molar-refractivity contribution is -0.140. The summed E-state index contributed by atoms with van der Waals surface area (Å²) < 4.78 is 0. The van der Waals surface area contributed by atoms with E-state index < -0.39 is 0 Å². The van der Waals surface area contributed by atoms with Crippen molar-refractivity contribution in [2.24, 2.45) is 23.5 Å². The number of amides is 1. The molecular formula is C12H22N2O. The molecule has 86 valence electrons. The molecule has 3 heteroatoms. The van der Waals surface area contributed by atoms with Crippen molar-refractivity contribution in [2.75, 3.05) is 19.6 Å². The number of rotatable bonds is 2. The molecule has 1 aliphatic heterocycles. The SMILES string of the molecule is CC1CCN(C(=O)C2CCC2)CC1CN. The van der Waals surface area contributed by atoms with Gasteiger partial charge >= 0.3 is 0 Å². The van der Waals surface area contributed by atoms with Crippen LogP contribution >= 0.6 is 0 Å². The van der Waals surface area contributed by atoms with Gasteiger partial charge in [-0.25, -0.2) is 0 Å². The number of carbonyl (C=O) groups excluding carboxylic acids is 1. The number of nitrogens with two attached hydrogens (primary N) is 1. The van der Waals surface area contributed by atoms with Crippen molar-refractivity contribution in [1.82, 2.24) is 4.90 Å². The Balaban J connectivity index is 1.90. The molecule has 2 N–H and O–H groups in total. The fourth-order valence-corrected chi connectivity index (χ4v) is 2.57. The minimum absolute atomic E-state index is 0.344. The predicted octanol–water partition coefficient (Wildman–Crippen LogP) is 1.23. The maximum absolute atomic E-state index is 12.0. The van der Waals surface area contributed by atoms with Gasteiger partial charge in [0.05, 0.1) is 0 Å². The Morgan fingerprint density at radius 3 is 2.67 bits per heavy atom. The first kappa shape index (κ1) is 10.9. The summed E-state index contributed by atoms with van der Waals surface area (Å²) in [5, 5.41) is 0. The minimum atomic E-state index is 0.344. The fourth-order valence-electron chi connectivity index (χ4n) is 2.57. The molecular weight excluding hydrogens is 188 g/mol. The third-order valence-electron chi connectivity index (χ3n) is 4.18. The Morgan fingerprint density at radius 1 is 1.40 bits per heavy atom. The number of hydrogen-bond donors (Lipinski definition) is 1. The lowest BCUT2D eigenvalue weighted by atomic mass is 9.82. The quantitative estimate of drug-likeness (QED) is 0.745. The number of likely N-dealkylation sites (tertiary alicyclic amines) is 1. The summed E-state index contributed by atoms with van der Waals surface area (Å²) >= 11 is 0. The maximum Gasteiger partial charge on any atom is 0.225 e. The van der Waals surface area contributed by atoms with Gasteiger partial charge in [-0.2, -0.15) is 0 Å². The van der Waals surface area contributed by atoms with Gasteiger partial charge in [0, 0.05) is 19.0 Å². The maximum atomic E-state index is 12.0. The molecule has 0 aromatic carbocycles. The monoisotopic (exact) mass is 210 g/mol. The molecule has 0 radical (unpaired) electrons. The molecule has 15 heavy (non-hydrogen) atoms. The van der Waals surface area contributed by atoms with E-state index in [0.29, 0.717) is 23.7 Å². The van der Waals surface area contributed by atoms with Crippen molar-refractivity contribution in [2.45, 2.75) is 32.6 Å². The Labute approximate surface area is 92.0 Å². The lowest BCUT2D eigenvalue weighted by Crippen LogP contribution is -2.48.